The maximum Gasteiger partial charge on any atom is 0.135 e. The molecule has 4 heterocycles. The van der Waals surface area contributed by atoms with E-state index in [0.717, 1.165) is 85.5 Å². The van der Waals surface area contributed by atoms with Crippen molar-refractivity contribution in [2.24, 2.45) is 0 Å². The number of thioether (sulfide) groups is 1. The van der Waals surface area contributed by atoms with Crippen LogP contribution in [0.3, 0.4) is 0 Å². The highest BCUT2D eigenvalue weighted by atomic mass is 32.2. The van der Waals surface area contributed by atoms with E-state index in [2.05, 4.69) is 29.7 Å². The zero-order valence-corrected chi connectivity index (χ0v) is 20.9. The second-order valence-electron chi connectivity index (χ2n) is 9.44. The van der Waals surface area contributed by atoms with Crippen molar-refractivity contribution in [3.05, 3.63) is 16.7 Å². The number of ether oxygens (including phenoxy) is 4. The first-order valence-electron chi connectivity index (χ1n) is 11.9. The predicted molar refractivity (Wildman–Crippen MR) is 128 cm³/mol. The molecule has 2 saturated heterocycles. The minimum atomic E-state index is -0.286. The summed E-state index contributed by atoms with van der Waals surface area (Å²) in [6.45, 7) is 12.2. The Morgan fingerprint density at radius 3 is 2.73 bits per heavy atom. The van der Waals surface area contributed by atoms with E-state index in [-0.39, 0.29) is 11.7 Å². The van der Waals surface area contributed by atoms with Crippen LogP contribution in [0, 0.1) is 11.3 Å². The highest BCUT2D eigenvalue weighted by molar-refractivity contribution is 7.99. The Bertz CT molecular complexity index is 846. The van der Waals surface area contributed by atoms with Gasteiger partial charge < -0.3 is 23.8 Å². The molecule has 0 aliphatic carbocycles. The van der Waals surface area contributed by atoms with Crippen LogP contribution in [0.5, 0.6) is 0 Å². The lowest BCUT2D eigenvalue weighted by atomic mass is 9.89. The van der Waals surface area contributed by atoms with Gasteiger partial charge in [-0.15, -0.1) is 11.8 Å². The lowest BCUT2D eigenvalue weighted by Gasteiger charge is -2.39. The van der Waals surface area contributed by atoms with Gasteiger partial charge in [-0.1, -0.05) is 0 Å². The largest absolute Gasteiger partial charge is 0.383 e. The third-order valence-corrected chi connectivity index (χ3v) is 7.53. The summed E-state index contributed by atoms with van der Waals surface area (Å²) in [7, 11) is 1.75. The molecule has 33 heavy (non-hydrogen) atoms. The molecule has 1 unspecified atom stereocenters. The van der Waals surface area contributed by atoms with Crippen LogP contribution in [0.25, 0.3) is 0 Å². The molecule has 2 fully saturated rings. The fourth-order valence-electron chi connectivity index (χ4n) is 4.60. The molecule has 9 heteroatoms. The summed E-state index contributed by atoms with van der Waals surface area (Å²) in [5, 5.41) is 10.9. The van der Waals surface area contributed by atoms with Gasteiger partial charge in [-0.25, -0.2) is 4.98 Å². The van der Waals surface area contributed by atoms with Gasteiger partial charge in [0.2, 0.25) is 0 Å². The number of piperazine rings is 1. The summed E-state index contributed by atoms with van der Waals surface area (Å²) >= 11 is 1.66. The van der Waals surface area contributed by atoms with E-state index >= 15 is 0 Å². The van der Waals surface area contributed by atoms with Crippen LogP contribution in [0.2, 0.25) is 0 Å². The number of rotatable bonds is 8. The van der Waals surface area contributed by atoms with Gasteiger partial charge >= 0.3 is 0 Å². The van der Waals surface area contributed by atoms with Crippen molar-refractivity contribution in [1.82, 2.24) is 9.88 Å². The summed E-state index contributed by atoms with van der Waals surface area (Å²) in [5.41, 5.74) is 2.63. The maximum atomic E-state index is 10.1. The minimum Gasteiger partial charge on any atom is -0.383 e. The number of aromatic nitrogens is 1. The van der Waals surface area contributed by atoms with Gasteiger partial charge in [0.05, 0.1) is 50.3 Å². The number of methoxy groups -OCH3 is 1. The predicted octanol–water partition coefficient (Wildman–Crippen LogP) is 2.47. The first-order chi connectivity index (χ1) is 16.0. The third-order valence-electron chi connectivity index (χ3n) is 6.53. The number of nitriles is 1. The zero-order chi connectivity index (χ0) is 23.3. The number of pyridine rings is 1. The molecule has 1 aromatic heterocycles. The molecule has 0 radical (unpaired) electrons. The number of hydrogen-bond donors (Lipinski definition) is 0. The average Bonchev–Trinajstić information content (AvgIpc) is 2.82. The van der Waals surface area contributed by atoms with Gasteiger partial charge in [0.15, 0.2) is 0 Å². The second-order valence-corrected chi connectivity index (χ2v) is 10.5. The van der Waals surface area contributed by atoms with Crippen molar-refractivity contribution in [3.63, 3.8) is 0 Å². The number of anilines is 1. The fourth-order valence-corrected chi connectivity index (χ4v) is 5.64. The normalized spacial score (nSPS) is 23.2. The SMILES string of the molecule is COCCN1CCN(c2nc(SCCC3COCCO3)c(C#N)c3c2COC(C)(C)C3)CC1. The average molecular weight is 477 g/mol. The molecule has 3 aliphatic rings. The van der Waals surface area contributed by atoms with Crippen LogP contribution in [0.4, 0.5) is 5.82 Å². The van der Waals surface area contributed by atoms with Crippen molar-refractivity contribution >= 4 is 17.6 Å². The highest BCUT2D eigenvalue weighted by Gasteiger charge is 2.34. The molecule has 4 rings (SSSR count). The first-order valence-corrected chi connectivity index (χ1v) is 12.9. The molecule has 1 aromatic rings. The van der Waals surface area contributed by atoms with Crippen molar-refractivity contribution in [1.29, 1.82) is 5.26 Å². The molecule has 182 valence electrons. The van der Waals surface area contributed by atoms with Crippen molar-refractivity contribution < 1.29 is 18.9 Å². The zero-order valence-electron chi connectivity index (χ0n) is 20.1. The fraction of sp³-hybridized carbons (Fsp3) is 0.750. The first kappa shape index (κ1) is 24.7. The number of hydrogen-bond acceptors (Lipinski definition) is 9. The van der Waals surface area contributed by atoms with Crippen molar-refractivity contribution in [2.75, 3.05) is 76.9 Å². The number of fused-ring (bicyclic) bond motifs is 1. The lowest BCUT2D eigenvalue weighted by Crippen LogP contribution is -2.48. The third kappa shape index (κ3) is 6.18. The Kier molecular flexibility index (Phi) is 8.49. The van der Waals surface area contributed by atoms with Gasteiger partial charge in [-0.2, -0.15) is 5.26 Å². The molecule has 0 spiro atoms. The van der Waals surface area contributed by atoms with Crippen molar-refractivity contribution in [2.45, 2.75) is 50.0 Å². The molecule has 0 aromatic carbocycles. The van der Waals surface area contributed by atoms with Crippen LogP contribution in [-0.2, 0) is 32.0 Å². The standard InChI is InChI=1S/C24H36N4O4S/c1-24(2)14-19-20(15-25)23(33-13-4-18-16-30-11-12-31-18)26-22(21(19)17-32-24)28-7-5-27(6-8-28)9-10-29-3/h18H,4-14,16-17H2,1-3H3. The van der Waals surface area contributed by atoms with E-state index in [9.17, 15) is 5.26 Å². The Hall–Kier alpha value is -1.41. The smallest absolute Gasteiger partial charge is 0.135 e. The Morgan fingerprint density at radius 1 is 1.21 bits per heavy atom. The quantitative estimate of drug-likeness (QED) is 0.526. The molecule has 0 bridgehead atoms. The Morgan fingerprint density at radius 2 is 2.03 bits per heavy atom. The van der Waals surface area contributed by atoms with E-state index in [1.54, 1.807) is 18.9 Å². The summed E-state index contributed by atoms with van der Waals surface area (Å²) in [6.07, 6.45) is 1.74. The van der Waals surface area contributed by atoms with Crippen LogP contribution in [0.15, 0.2) is 5.03 Å². The summed E-state index contributed by atoms with van der Waals surface area (Å²) in [4.78, 5) is 9.87. The van der Waals surface area contributed by atoms with Gasteiger partial charge in [0.25, 0.3) is 0 Å². The van der Waals surface area contributed by atoms with Crippen LogP contribution in [-0.4, -0.2) is 93.6 Å². The van der Waals surface area contributed by atoms with E-state index in [1.165, 1.54) is 0 Å². The number of nitrogens with zero attached hydrogens (tertiary/aromatic N) is 4. The highest BCUT2D eigenvalue weighted by Crippen LogP contribution is 2.39. The second kappa shape index (κ2) is 11.3. The van der Waals surface area contributed by atoms with E-state index in [0.29, 0.717) is 26.4 Å². The van der Waals surface area contributed by atoms with Gasteiger partial charge in [0.1, 0.15) is 16.9 Å². The molecule has 0 amide bonds. The topological polar surface area (TPSA) is 80.1 Å². The molecule has 0 N–H and O–H groups in total. The summed E-state index contributed by atoms with van der Waals surface area (Å²) in [6, 6.07) is 2.47. The molecular weight excluding hydrogens is 440 g/mol. The minimum absolute atomic E-state index is 0.126. The summed E-state index contributed by atoms with van der Waals surface area (Å²) < 4.78 is 22.7. The molecule has 8 nitrogen and oxygen atoms in total. The van der Waals surface area contributed by atoms with E-state index < -0.39 is 0 Å². The Balaban J connectivity index is 1.55. The lowest BCUT2D eigenvalue weighted by molar-refractivity contribution is -0.0883. The maximum absolute atomic E-state index is 10.1. The van der Waals surface area contributed by atoms with Gasteiger partial charge in [0, 0.05) is 57.6 Å². The Labute approximate surface area is 201 Å². The van der Waals surface area contributed by atoms with Crippen LogP contribution < -0.4 is 4.90 Å². The molecule has 3 aliphatic heterocycles. The van der Waals surface area contributed by atoms with Gasteiger partial charge in [-0.05, 0) is 25.8 Å². The summed E-state index contributed by atoms with van der Waals surface area (Å²) in [5.74, 6) is 1.84. The molecule has 1 atom stereocenters. The molecule has 0 saturated carbocycles. The monoisotopic (exact) mass is 476 g/mol. The van der Waals surface area contributed by atoms with E-state index in [4.69, 9.17) is 23.9 Å². The van der Waals surface area contributed by atoms with Crippen LogP contribution >= 0.6 is 11.8 Å². The van der Waals surface area contributed by atoms with Gasteiger partial charge in [-0.3, -0.25) is 4.90 Å². The van der Waals surface area contributed by atoms with Crippen molar-refractivity contribution in [3.8, 4) is 6.07 Å². The molecular formula is C24H36N4O4S. The van der Waals surface area contributed by atoms with Crippen LogP contribution in [0.1, 0.15) is 37.0 Å². The van der Waals surface area contributed by atoms with E-state index in [1.807, 2.05) is 0 Å².